The lowest BCUT2D eigenvalue weighted by molar-refractivity contribution is -0.167. The van der Waals surface area contributed by atoms with Gasteiger partial charge in [0.15, 0.2) is 6.10 Å². The fraction of sp³-hybridized carbons (Fsp3) is 0.792. The van der Waals surface area contributed by atoms with Gasteiger partial charge in [0.05, 0.1) is 0 Å². The van der Waals surface area contributed by atoms with E-state index in [1.807, 2.05) is 0 Å². The molecule has 0 aliphatic carbocycles. The number of ether oxygens (including phenoxy) is 3. The van der Waals surface area contributed by atoms with Crippen LogP contribution in [0.25, 0.3) is 0 Å². The van der Waals surface area contributed by atoms with Crippen LogP contribution >= 0.6 is 0 Å². The zero-order valence-corrected chi connectivity index (χ0v) is 51.9. The highest BCUT2D eigenvalue weighted by Gasteiger charge is 2.19. The van der Waals surface area contributed by atoms with Crippen molar-refractivity contribution >= 4 is 17.9 Å². The summed E-state index contributed by atoms with van der Waals surface area (Å²) in [6.45, 7) is 6.57. The minimum Gasteiger partial charge on any atom is -0.462 e. The first-order valence-electron chi connectivity index (χ1n) is 33.9. The number of hydrogen-bond acceptors (Lipinski definition) is 6. The van der Waals surface area contributed by atoms with Crippen molar-refractivity contribution in [3.05, 3.63) is 72.9 Å². The Balaban J connectivity index is 4.22. The van der Waals surface area contributed by atoms with E-state index >= 15 is 0 Å². The quantitative estimate of drug-likeness (QED) is 0.0261. The standard InChI is InChI=1S/C72H128O6/c1-4-7-10-13-16-19-22-25-27-29-31-32-33-34-35-36-37-38-39-40-41-43-44-47-50-53-56-59-62-65-71(74)77-68-69(67-76-70(73)64-61-58-55-52-49-46-24-21-18-15-12-9-6-3)78-72(75)66-63-60-57-54-51-48-45-42-30-28-26-23-20-17-14-11-8-5-2/h12,15,20-25,28-31,69H,4-11,13-14,16-19,26-27,32-68H2,1-3H3/b15-12-,23-20-,24-21-,25-22-,30-28-,31-29-. The van der Waals surface area contributed by atoms with Crippen LogP contribution in [0.3, 0.4) is 0 Å². The Morgan fingerprint density at radius 1 is 0.256 bits per heavy atom. The van der Waals surface area contributed by atoms with Gasteiger partial charge in [-0.2, -0.15) is 0 Å². The molecule has 0 aromatic heterocycles. The van der Waals surface area contributed by atoms with Crippen molar-refractivity contribution in [3.63, 3.8) is 0 Å². The SMILES string of the molecule is CCC/C=C\C/C=C\CCCCCCCC(=O)OCC(COC(=O)CCCCCCCCCCCCCCCCCCC/C=C\C/C=C\CCCCCCC)OC(=O)CCCCCCCCC/C=C\C/C=C\CCCCCC. The molecule has 0 radical (unpaired) electrons. The number of carbonyl (C=O) groups is 3. The van der Waals surface area contributed by atoms with Gasteiger partial charge in [-0.25, -0.2) is 0 Å². The summed E-state index contributed by atoms with van der Waals surface area (Å²) in [5.41, 5.74) is 0. The van der Waals surface area contributed by atoms with E-state index in [-0.39, 0.29) is 31.1 Å². The summed E-state index contributed by atoms with van der Waals surface area (Å²) >= 11 is 0. The van der Waals surface area contributed by atoms with Gasteiger partial charge in [0.25, 0.3) is 0 Å². The average Bonchev–Trinajstić information content (AvgIpc) is 3.44. The van der Waals surface area contributed by atoms with Crippen LogP contribution < -0.4 is 0 Å². The number of allylic oxidation sites excluding steroid dienone is 12. The predicted octanol–water partition coefficient (Wildman–Crippen LogP) is 23.3. The molecule has 0 amide bonds. The van der Waals surface area contributed by atoms with Gasteiger partial charge in [0.1, 0.15) is 13.2 Å². The molecule has 6 heteroatoms. The summed E-state index contributed by atoms with van der Waals surface area (Å²) in [6, 6.07) is 0. The third kappa shape index (κ3) is 63.7. The van der Waals surface area contributed by atoms with Gasteiger partial charge in [-0.3, -0.25) is 14.4 Å². The smallest absolute Gasteiger partial charge is 0.306 e. The van der Waals surface area contributed by atoms with Gasteiger partial charge < -0.3 is 14.2 Å². The molecule has 0 heterocycles. The topological polar surface area (TPSA) is 78.9 Å². The maximum absolute atomic E-state index is 12.9. The largest absolute Gasteiger partial charge is 0.462 e. The Morgan fingerprint density at radius 3 is 0.769 bits per heavy atom. The third-order valence-corrected chi connectivity index (χ3v) is 14.9. The zero-order valence-electron chi connectivity index (χ0n) is 51.9. The average molecular weight is 1090 g/mol. The Morgan fingerprint density at radius 2 is 0.487 bits per heavy atom. The van der Waals surface area contributed by atoms with E-state index in [0.717, 1.165) is 103 Å². The summed E-state index contributed by atoms with van der Waals surface area (Å²) in [5, 5.41) is 0. The second-order valence-corrected chi connectivity index (χ2v) is 22.7. The van der Waals surface area contributed by atoms with Crippen LogP contribution in [0, 0.1) is 0 Å². The lowest BCUT2D eigenvalue weighted by atomic mass is 10.0. The molecule has 1 atom stereocenters. The van der Waals surface area contributed by atoms with E-state index in [1.165, 1.54) is 205 Å². The first kappa shape index (κ1) is 74.8. The van der Waals surface area contributed by atoms with Crippen LogP contribution in [-0.4, -0.2) is 37.2 Å². The summed E-state index contributed by atoms with van der Waals surface area (Å²) in [4.78, 5) is 38.3. The Kier molecular flexibility index (Phi) is 63.7. The lowest BCUT2D eigenvalue weighted by Crippen LogP contribution is -2.30. The summed E-state index contributed by atoms with van der Waals surface area (Å²) in [5.74, 6) is -0.887. The molecule has 0 aromatic rings. The zero-order chi connectivity index (χ0) is 56.4. The van der Waals surface area contributed by atoms with E-state index in [0.29, 0.717) is 19.3 Å². The number of unbranched alkanes of at least 4 members (excludes halogenated alkanes) is 39. The van der Waals surface area contributed by atoms with Crippen LogP contribution in [0.2, 0.25) is 0 Å². The van der Waals surface area contributed by atoms with Gasteiger partial charge >= 0.3 is 17.9 Å². The molecule has 78 heavy (non-hydrogen) atoms. The maximum Gasteiger partial charge on any atom is 0.306 e. The maximum atomic E-state index is 12.9. The van der Waals surface area contributed by atoms with Crippen LogP contribution in [-0.2, 0) is 28.6 Å². The monoisotopic (exact) mass is 1090 g/mol. The molecule has 0 bridgehead atoms. The van der Waals surface area contributed by atoms with E-state index in [9.17, 15) is 14.4 Å². The van der Waals surface area contributed by atoms with Crippen molar-refractivity contribution in [2.45, 2.75) is 354 Å². The minimum atomic E-state index is -0.786. The van der Waals surface area contributed by atoms with E-state index in [1.54, 1.807) is 0 Å². The second kappa shape index (κ2) is 66.4. The van der Waals surface area contributed by atoms with Crippen molar-refractivity contribution in [3.8, 4) is 0 Å². The summed E-state index contributed by atoms with van der Waals surface area (Å²) < 4.78 is 16.9. The first-order chi connectivity index (χ1) is 38.5. The van der Waals surface area contributed by atoms with Crippen molar-refractivity contribution in [1.82, 2.24) is 0 Å². The summed E-state index contributed by atoms with van der Waals surface area (Å²) in [7, 11) is 0. The van der Waals surface area contributed by atoms with E-state index in [2.05, 4.69) is 93.7 Å². The van der Waals surface area contributed by atoms with Gasteiger partial charge in [-0.05, 0) is 109 Å². The van der Waals surface area contributed by atoms with Crippen LogP contribution in [0.5, 0.6) is 0 Å². The molecule has 0 N–H and O–H groups in total. The molecular formula is C72H128O6. The highest BCUT2D eigenvalue weighted by atomic mass is 16.6. The Labute approximate surface area is 484 Å². The molecule has 6 nitrogen and oxygen atoms in total. The Hall–Kier alpha value is -3.15. The lowest BCUT2D eigenvalue weighted by Gasteiger charge is -2.18. The first-order valence-corrected chi connectivity index (χ1v) is 33.9. The molecule has 0 rings (SSSR count). The number of esters is 3. The van der Waals surface area contributed by atoms with Gasteiger partial charge in [0.2, 0.25) is 0 Å². The van der Waals surface area contributed by atoms with Crippen LogP contribution in [0.4, 0.5) is 0 Å². The highest BCUT2D eigenvalue weighted by molar-refractivity contribution is 5.71. The minimum absolute atomic E-state index is 0.0807. The molecule has 0 saturated heterocycles. The number of carbonyl (C=O) groups excluding carboxylic acids is 3. The van der Waals surface area contributed by atoms with Crippen molar-refractivity contribution in [1.29, 1.82) is 0 Å². The van der Waals surface area contributed by atoms with Crippen LogP contribution in [0.15, 0.2) is 72.9 Å². The molecule has 452 valence electrons. The fourth-order valence-corrected chi connectivity index (χ4v) is 9.78. The molecule has 0 aromatic carbocycles. The summed E-state index contributed by atoms with van der Waals surface area (Å²) in [6.07, 6.45) is 86.4. The molecule has 0 fully saturated rings. The highest BCUT2D eigenvalue weighted by Crippen LogP contribution is 2.17. The molecule has 0 saturated carbocycles. The fourth-order valence-electron chi connectivity index (χ4n) is 9.78. The van der Waals surface area contributed by atoms with Crippen molar-refractivity contribution in [2.75, 3.05) is 13.2 Å². The van der Waals surface area contributed by atoms with Gasteiger partial charge in [0, 0.05) is 19.3 Å². The van der Waals surface area contributed by atoms with E-state index < -0.39 is 6.10 Å². The number of hydrogen-bond donors (Lipinski definition) is 0. The van der Waals surface area contributed by atoms with Gasteiger partial charge in [-0.1, -0.05) is 293 Å². The van der Waals surface area contributed by atoms with E-state index in [4.69, 9.17) is 14.2 Å². The third-order valence-electron chi connectivity index (χ3n) is 14.9. The molecule has 1 unspecified atom stereocenters. The Bertz CT molecular complexity index is 1440. The molecule has 0 spiro atoms. The second-order valence-electron chi connectivity index (χ2n) is 22.7. The molecular weight excluding hydrogens is 961 g/mol. The number of rotatable bonds is 62. The molecule has 0 aliphatic heterocycles. The normalized spacial score (nSPS) is 12.5. The van der Waals surface area contributed by atoms with Crippen molar-refractivity contribution < 1.29 is 28.6 Å². The van der Waals surface area contributed by atoms with Crippen LogP contribution in [0.1, 0.15) is 348 Å². The van der Waals surface area contributed by atoms with Gasteiger partial charge in [-0.15, -0.1) is 0 Å². The predicted molar refractivity (Wildman–Crippen MR) is 339 cm³/mol. The molecule has 0 aliphatic rings. The van der Waals surface area contributed by atoms with Crippen molar-refractivity contribution in [2.24, 2.45) is 0 Å².